The molecule has 0 heterocycles. The molecule has 12 heavy (non-hydrogen) atoms. The monoisotopic (exact) mass is 171 g/mol. The van der Waals surface area contributed by atoms with E-state index < -0.39 is 17.5 Å². The van der Waals surface area contributed by atoms with Crippen LogP contribution in [0.4, 0.5) is 0 Å². The molecule has 4 nitrogen and oxygen atoms in total. The molecule has 0 aromatic rings. The summed E-state index contributed by atoms with van der Waals surface area (Å²) in [7, 11) is 0. The molecule has 2 N–H and O–H groups in total. The Balaban J connectivity index is 4.02. The van der Waals surface area contributed by atoms with Crippen molar-refractivity contribution in [2.45, 2.75) is 25.8 Å². The maximum Gasteiger partial charge on any atom is 0.333 e. The lowest BCUT2D eigenvalue weighted by atomic mass is 10.1. The van der Waals surface area contributed by atoms with E-state index in [0.717, 1.165) is 0 Å². The molecule has 0 aliphatic heterocycles. The van der Waals surface area contributed by atoms with Crippen molar-refractivity contribution in [3.05, 3.63) is 12.7 Å². The Morgan fingerprint density at radius 2 is 2.08 bits per heavy atom. The van der Waals surface area contributed by atoms with E-state index >= 15 is 0 Å². The van der Waals surface area contributed by atoms with Gasteiger partial charge < -0.3 is 10.5 Å². The van der Waals surface area contributed by atoms with Crippen LogP contribution in [0, 0.1) is 0 Å². The lowest BCUT2D eigenvalue weighted by Crippen LogP contribution is -2.43. The van der Waals surface area contributed by atoms with Crippen LogP contribution in [-0.2, 0) is 14.3 Å². The number of rotatable bonds is 3. The van der Waals surface area contributed by atoms with Gasteiger partial charge in [0.25, 0.3) is 0 Å². The fraction of sp³-hybridized carbons (Fsp3) is 0.500. The van der Waals surface area contributed by atoms with Crippen molar-refractivity contribution >= 4 is 11.9 Å². The molecule has 0 saturated heterocycles. The Kier molecular flexibility index (Phi) is 3.63. The second-order valence-corrected chi connectivity index (χ2v) is 2.98. The van der Waals surface area contributed by atoms with Crippen LogP contribution in [0.1, 0.15) is 20.3 Å². The Morgan fingerprint density at radius 1 is 1.58 bits per heavy atom. The maximum atomic E-state index is 10.9. The van der Waals surface area contributed by atoms with Crippen LogP contribution < -0.4 is 5.73 Å². The second kappa shape index (κ2) is 4.01. The smallest absolute Gasteiger partial charge is 0.333 e. The van der Waals surface area contributed by atoms with Gasteiger partial charge in [-0.05, 0) is 13.8 Å². The molecule has 4 heteroatoms. The number of hydrogen-bond donors (Lipinski definition) is 1. The molecule has 0 radical (unpaired) electrons. The Hall–Kier alpha value is -1.16. The van der Waals surface area contributed by atoms with Crippen LogP contribution in [0.25, 0.3) is 0 Å². The molecule has 0 aliphatic rings. The molecule has 0 aromatic heterocycles. The van der Waals surface area contributed by atoms with Gasteiger partial charge in [0, 0.05) is 0 Å². The molecule has 0 spiro atoms. The highest BCUT2D eigenvalue weighted by Gasteiger charge is 2.25. The molecule has 0 unspecified atom stereocenters. The van der Waals surface area contributed by atoms with Gasteiger partial charge in [-0.25, -0.2) is 4.79 Å². The summed E-state index contributed by atoms with van der Waals surface area (Å²) in [6.45, 7) is 6.26. The van der Waals surface area contributed by atoms with E-state index in [1.165, 1.54) is 19.9 Å². The maximum absolute atomic E-state index is 10.9. The van der Waals surface area contributed by atoms with Gasteiger partial charge in [0.05, 0.1) is 6.42 Å². The van der Waals surface area contributed by atoms with Crippen molar-refractivity contribution in [2.75, 3.05) is 0 Å². The number of carbonyl (C=O) groups is 2. The minimum atomic E-state index is -1.13. The lowest BCUT2D eigenvalue weighted by Gasteiger charge is -2.14. The molecular formula is C8H13NO3. The first kappa shape index (κ1) is 10.8. The van der Waals surface area contributed by atoms with Crippen LogP contribution in [0.2, 0.25) is 0 Å². The third-order valence-electron chi connectivity index (χ3n) is 1.04. The van der Waals surface area contributed by atoms with Gasteiger partial charge in [-0.15, -0.1) is 6.58 Å². The zero-order valence-electron chi connectivity index (χ0n) is 7.29. The van der Waals surface area contributed by atoms with E-state index in [4.69, 9.17) is 5.73 Å². The van der Waals surface area contributed by atoms with Crippen LogP contribution in [-0.4, -0.2) is 17.5 Å². The van der Waals surface area contributed by atoms with Gasteiger partial charge in [0.2, 0.25) is 0 Å². The normalized spacial score (nSPS) is 10.6. The third kappa shape index (κ3) is 3.88. The van der Waals surface area contributed by atoms with Crippen molar-refractivity contribution in [1.29, 1.82) is 0 Å². The number of hydrogen-bond acceptors (Lipinski definition) is 4. The van der Waals surface area contributed by atoms with Gasteiger partial charge in [0.1, 0.15) is 5.54 Å². The molecular weight excluding hydrogens is 158 g/mol. The van der Waals surface area contributed by atoms with E-state index in [1.807, 2.05) is 0 Å². The molecule has 0 aliphatic carbocycles. The van der Waals surface area contributed by atoms with E-state index in [-0.39, 0.29) is 6.42 Å². The Bertz CT molecular complexity index is 203. The molecule has 0 fully saturated rings. The predicted octanol–water partition coefficient (Wildman–Crippen LogP) is 0.370. The lowest BCUT2D eigenvalue weighted by molar-refractivity contribution is -0.162. The largest absolute Gasteiger partial charge is 0.392 e. The summed E-state index contributed by atoms with van der Waals surface area (Å²) >= 11 is 0. The van der Waals surface area contributed by atoms with Crippen molar-refractivity contribution in [3.8, 4) is 0 Å². The molecule has 0 saturated carbocycles. The second-order valence-electron chi connectivity index (χ2n) is 2.98. The van der Waals surface area contributed by atoms with Gasteiger partial charge in [-0.2, -0.15) is 0 Å². The standard InChI is InChI=1S/C8H13NO3/c1-4-5-6(10)12-7(11)8(2,3)9/h4H,1,5,9H2,2-3H3. The molecule has 68 valence electrons. The quantitative estimate of drug-likeness (QED) is 0.378. The third-order valence-corrected chi connectivity index (χ3v) is 1.04. The topological polar surface area (TPSA) is 69.4 Å². The predicted molar refractivity (Wildman–Crippen MR) is 44.2 cm³/mol. The van der Waals surface area contributed by atoms with Crippen molar-refractivity contribution in [2.24, 2.45) is 5.73 Å². The first-order valence-corrected chi connectivity index (χ1v) is 3.53. The zero-order chi connectivity index (χ0) is 9.78. The number of ether oxygens (including phenoxy) is 1. The number of nitrogens with two attached hydrogens (primary N) is 1. The SMILES string of the molecule is C=CCC(=O)OC(=O)C(C)(C)N. The fourth-order valence-corrected chi connectivity index (χ4v) is 0.394. The summed E-state index contributed by atoms with van der Waals surface area (Å²) in [5, 5.41) is 0. The van der Waals surface area contributed by atoms with Gasteiger partial charge in [-0.3, -0.25) is 4.79 Å². The minimum Gasteiger partial charge on any atom is -0.392 e. The summed E-state index contributed by atoms with van der Waals surface area (Å²) in [4.78, 5) is 21.7. The van der Waals surface area contributed by atoms with Crippen molar-refractivity contribution in [1.82, 2.24) is 0 Å². The fourth-order valence-electron chi connectivity index (χ4n) is 0.394. The van der Waals surface area contributed by atoms with Crippen molar-refractivity contribution in [3.63, 3.8) is 0 Å². The summed E-state index contributed by atoms with van der Waals surface area (Å²) in [6, 6.07) is 0. The van der Waals surface area contributed by atoms with Crippen LogP contribution >= 0.6 is 0 Å². The molecule has 0 bridgehead atoms. The molecule has 0 amide bonds. The average molecular weight is 171 g/mol. The molecule has 0 atom stereocenters. The number of esters is 2. The van der Waals surface area contributed by atoms with Crippen LogP contribution in [0.3, 0.4) is 0 Å². The van der Waals surface area contributed by atoms with E-state index in [1.54, 1.807) is 0 Å². The van der Waals surface area contributed by atoms with Crippen LogP contribution in [0.5, 0.6) is 0 Å². The van der Waals surface area contributed by atoms with E-state index in [0.29, 0.717) is 0 Å². The summed E-state index contributed by atoms with van der Waals surface area (Å²) in [6.07, 6.45) is 1.38. The average Bonchev–Trinajstić information content (AvgIpc) is 1.85. The minimum absolute atomic E-state index is 0.0157. The highest BCUT2D eigenvalue weighted by Crippen LogP contribution is 2.01. The molecule has 0 rings (SSSR count). The van der Waals surface area contributed by atoms with Crippen LogP contribution in [0.15, 0.2) is 12.7 Å². The van der Waals surface area contributed by atoms with E-state index in [9.17, 15) is 9.59 Å². The highest BCUT2D eigenvalue weighted by atomic mass is 16.6. The number of carbonyl (C=O) groups excluding carboxylic acids is 2. The van der Waals surface area contributed by atoms with Gasteiger partial charge in [-0.1, -0.05) is 6.08 Å². The Morgan fingerprint density at radius 3 is 2.42 bits per heavy atom. The first-order chi connectivity index (χ1) is 5.38. The Labute approximate surface area is 71.4 Å². The van der Waals surface area contributed by atoms with Crippen molar-refractivity contribution < 1.29 is 14.3 Å². The zero-order valence-corrected chi connectivity index (χ0v) is 7.29. The highest BCUT2D eigenvalue weighted by molar-refractivity contribution is 5.90. The summed E-state index contributed by atoms with van der Waals surface area (Å²) in [5.74, 6) is -1.36. The van der Waals surface area contributed by atoms with Gasteiger partial charge >= 0.3 is 11.9 Å². The summed E-state index contributed by atoms with van der Waals surface area (Å²) in [5.41, 5.74) is 4.24. The van der Waals surface area contributed by atoms with E-state index in [2.05, 4.69) is 11.3 Å². The first-order valence-electron chi connectivity index (χ1n) is 3.53. The molecule has 0 aromatic carbocycles. The summed E-state index contributed by atoms with van der Waals surface area (Å²) < 4.78 is 4.38. The van der Waals surface area contributed by atoms with Gasteiger partial charge in [0.15, 0.2) is 0 Å².